The molecule has 20 heavy (non-hydrogen) atoms. The van der Waals surface area contributed by atoms with E-state index in [4.69, 9.17) is 4.74 Å². The molecule has 6 nitrogen and oxygen atoms in total. The van der Waals surface area contributed by atoms with Gasteiger partial charge in [0, 0.05) is 32.2 Å². The standard InChI is InChI=1S/C14H27N3O3/c1-11(2)16-6-8-17(9-7-16)12(18)10-15-13(19)20-14(3,4)5/h11H,6-10H2,1-5H3,(H,15,19). The predicted octanol–water partition coefficient (Wildman–Crippen LogP) is 1.06. The Balaban J connectivity index is 2.29. The summed E-state index contributed by atoms with van der Waals surface area (Å²) in [5.74, 6) is -0.0562. The fourth-order valence-corrected chi connectivity index (χ4v) is 2.06. The zero-order valence-electron chi connectivity index (χ0n) is 13.2. The SMILES string of the molecule is CC(C)N1CCN(C(=O)CNC(=O)OC(C)(C)C)CC1. The summed E-state index contributed by atoms with van der Waals surface area (Å²) >= 11 is 0. The van der Waals surface area contributed by atoms with Crippen LogP contribution < -0.4 is 5.32 Å². The summed E-state index contributed by atoms with van der Waals surface area (Å²) in [6, 6.07) is 0.507. The van der Waals surface area contributed by atoms with Crippen molar-refractivity contribution in [1.82, 2.24) is 15.1 Å². The lowest BCUT2D eigenvalue weighted by Crippen LogP contribution is -2.52. The van der Waals surface area contributed by atoms with Gasteiger partial charge in [0.25, 0.3) is 0 Å². The lowest BCUT2D eigenvalue weighted by atomic mass is 10.2. The van der Waals surface area contributed by atoms with Gasteiger partial charge in [0.05, 0.1) is 0 Å². The molecule has 0 aliphatic carbocycles. The molecule has 6 heteroatoms. The van der Waals surface area contributed by atoms with Crippen molar-refractivity contribution in [2.45, 2.75) is 46.3 Å². The Hall–Kier alpha value is -1.30. The van der Waals surface area contributed by atoms with Crippen LogP contribution in [0.15, 0.2) is 0 Å². The first-order valence-corrected chi connectivity index (χ1v) is 7.18. The van der Waals surface area contributed by atoms with Gasteiger partial charge in [-0.3, -0.25) is 9.69 Å². The van der Waals surface area contributed by atoms with E-state index >= 15 is 0 Å². The maximum absolute atomic E-state index is 12.0. The van der Waals surface area contributed by atoms with Crippen molar-refractivity contribution in [2.75, 3.05) is 32.7 Å². The Labute approximate surface area is 121 Å². The van der Waals surface area contributed by atoms with E-state index in [9.17, 15) is 9.59 Å². The second kappa shape index (κ2) is 6.92. The monoisotopic (exact) mass is 285 g/mol. The number of amides is 2. The summed E-state index contributed by atoms with van der Waals surface area (Å²) in [5, 5.41) is 2.50. The molecule has 0 saturated carbocycles. The van der Waals surface area contributed by atoms with Gasteiger partial charge < -0.3 is 15.0 Å². The molecule has 0 unspecified atom stereocenters. The Morgan fingerprint density at radius 2 is 1.70 bits per heavy atom. The van der Waals surface area contributed by atoms with Crippen molar-refractivity contribution in [3.05, 3.63) is 0 Å². The molecule has 1 saturated heterocycles. The molecule has 1 rings (SSSR count). The molecule has 1 aliphatic heterocycles. The number of hydrogen-bond donors (Lipinski definition) is 1. The number of carbonyl (C=O) groups excluding carboxylic acids is 2. The van der Waals surface area contributed by atoms with Crippen LogP contribution in [0.2, 0.25) is 0 Å². The first kappa shape index (κ1) is 16.8. The average molecular weight is 285 g/mol. The molecule has 0 aromatic carbocycles. The van der Waals surface area contributed by atoms with E-state index in [1.807, 2.05) is 0 Å². The number of ether oxygens (including phenoxy) is 1. The van der Waals surface area contributed by atoms with E-state index in [0.29, 0.717) is 19.1 Å². The van der Waals surface area contributed by atoms with Crippen LogP contribution in [0.5, 0.6) is 0 Å². The first-order valence-electron chi connectivity index (χ1n) is 7.18. The topological polar surface area (TPSA) is 61.9 Å². The molecule has 1 aliphatic rings. The van der Waals surface area contributed by atoms with Gasteiger partial charge in [-0.05, 0) is 34.6 Å². The van der Waals surface area contributed by atoms with E-state index in [-0.39, 0.29) is 12.5 Å². The normalized spacial score (nSPS) is 17.2. The third-order valence-electron chi connectivity index (χ3n) is 3.18. The van der Waals surface area contributed by atoms with Crippen LogP contribution >= 0.6 is 0 Å². The lowest BCUT2D eigenvalue weighted by Gasteiger charge is -2.37. The van der Waals surface area contributed by atoms with Gasteiger partial charge in [0.15, 0.2) is 0 Å². The first-order chi connectivity index (χ1) is 9.19. The largest absolute Gasteiger partial charge is 0.444 e. The fraction of sp³-hybridized carbons (Fsp3) is 0.857. The quantitative estimate of drug-likeness (QED) is 0.842. The van der Waals surface area contributed by atoms with Crippen LogP contribution in [0.3, 0.4) is 0 Å². The van der Waals surface area contributed by atoms with Gasteiger partial charge in [-0.25, -0.2) is 4.79 Å². The summed E-state index contributed by atoms with van der Waals surface area (Å²) in [7, 11) is 0. The van der Waals surface area contributed by atoms with E-state index in [1.54, 1.807) is 25.7 Å². The highest BCUT2D eigenvalue weighted by atomic mass is 16.6. The average Bonchev–Trinajstić information content (AvgIpc) is 2.34. The molecule has 2 amide bonds. The summed E-state index contributed by atoms with van der Waals surface area (Å²) in [6.45, 7) is 12.9. The van der Waals surface area contributed by atoms with Gasteiger partial charge in [0.1, 0.15) is 12.1 Å². The van der Waals surface area contributed by atoms with Gasteiger partial charge >= 0.3 is 6.09 Å². The highest BCUT2D eigenvalue weighted by Gasteiger charge is 2.23. The van der Waals surface area contributed by atoms with Crippen LogP contribution in [-0.4, -0.2) is 66.2 Å². The molecular weight excluding hydrogens is 258 g/mol. The summed E-state index contributed by atoms with van der Waals surface area (Å²) in [4.78, 5) is 27.6. The minimum Gasteiger partial charge on any atom is -0.444 e. The molecule has 116 valence electrons. The minimum absolute atomic E-state index is 0.00338. The molecule has 0 spiro atoms. The molecule has 0 radical (unpaired) electrons. The lowest BCUT2D eigenvalue weighted by molar-refractivity contribution is -0.132. The predicted molar refractivity (Wildman–Crippen MR) is 77.5 cm³/mol. The van der Waals surface area contributed by atoms with Crippen molar-refractivity contribution in [1.29, 1.82) is 0 Å². The van der Waals surface area contributed by atoms with Crippen LogP contribution in [0.4, 0.5) is 4.79 Å². The molecule has 1 N–H and O–H groups in total. The molecule has 0 aromatic heterocycles. The van der Waals surface area contributed by atoms with Crippen molar-refractivity contribution in [3.8, 4) is 0 Å². The van der Waals surface area contributed by atoms with Crippen LogP contribution in [0, 0.1) is 0 Å². The minimum atomic E-state index is -0.549. The number of alkyl carbamates (subject to hydrolysis) is 1. The summed E-state index contributed by atoms with van der Waals surface area (Å²) in [5.41, 5.74) is -0.546. The number of nitrogens with one attached hydrogen (secondary N) is 1. The second-order valence-corrected chi connectivity index (χ2v) is 6.37. The van der Waals surface area contributed by atoms with Crippen LogP contribution in [-0.2, 0) is 9.53 Å². The number of carbonyl (C=O) groups is 2. The van der Waals surface area contributed by atoms with E-state index in [0.717, 1.165) is 13.1 Å². The second-order valence-electron chi connectivity index (χ2n) is 6.37. The summed E-state index contributed by atoms with van der Waals surface area (Å²) < 4.78 is 5.09. The number of hydrogen-bond acceptors (Lipinski definition) is 4. The number of rotatable bonds is 3. The maximum atomic E-state index is 12.0. The Kier molecular flexibility index (Phi) is 5.80. The molecular formula is C14H27N3O3. The van der Waals surface area contributed by atoms with Crippen molar-refractivity contribution in [3.63, 3.8) is 0 Å². The van der Waals surface area contributed by atoms with Crippen LogP contribution in [0.25, 0.3) is 0 Å². The zero-order valence-corrected chi connectivity index (χ0v) is 13.2. The Morgan fingerprint density at radius 1 is 1.15 bits per heavy atom. The third kappa shape index (κ3) is 5.77. The molecule has 0 bridgehead atoms. The van der Waals surface area contributed by atoms with E-state index in [2.05, 4.69) is 24.1 Å². The van der Waals surface area contributed by atoms with Gasteiger partial charge in [-0.15, -0.1) is 0 Å². The highest BCUT2D eigenvalue weighted by Crippen LogP contribution is 2.07. The van der Waals surface area contributed by atoms with Crippen molar-refractivity contribution in [2.24, 2.45) is 0 Å². The molecule has 1 fully saturated rings. The van der Waals surface area contributed by atoms with Crippen molar-refractivity contribution >= 4 is 12.0 Å². The van der Waals surface area contributed by atoms with Crippen LogP contribution in [0.1, 0.15) is 34.6 Å². The zero-order chi connectivity index (χ0) is 15.3. The molecule has 0 aromatic rings. The Bertz CT molecular complexity index is 342. The van der Waals surface area contributed by atoms with Crippen molar-refractivity contribution < 1.29 is 14.3 Å². The Morgan fingerprint density at radius 3 is 2.15 bits per heavy atom. The fourth-order valence-electron chi connectivity index (χ4n) is 2.06. The smallest absolute Gasteiger partial charge is 0.408 e. The van der Waals surface area contributed by atoms with E-state index in [1.165, 1.54) is 0 Å². The number of nitrogens with zero attached hydrogens (tertiary/aromatic N) is 2. The summed E-state index contributed by atoms with van der Waals surface area (Å²) in [6.07, 6.45) is -0.549. The van der Waals surface area contributed by atoms with E-state index < -0.39 is 11.7 Å². The highest BCUT2D eigenvalue weighted by molar-refractivity contribution is 5.82. The molecule has 1 heterocycles. The molecule has 0 atom stereocenters. The van der Waals surface area contributed by atoms with Gasteiger partial charge in [-0.1, -0.05) is 0 Å². The third-order valence-corrected chi connectivity index (χ3v) is 3.18. The van der Waals surface area contributed by atoms with Gasteiger partial charge in [-0.2, -0.15) is 0 Å². The number of piperazine rings is 1. The maximum Gasteiger partial charge on any atom is 0.408 e. The van der Waals surface area contributed by atoms with Gasteiger partial charge in [0.2, 0.25) is 5.91 Å².